The van der Waals surface area contributed by atoms with E-state index in [1.54, 1.807) is 21.8 Å². The third kappa shape index (κ3) is 5.05. The Morgan fingerprint density at radius 1 is 1.19 bits per heavy atom. The molecule has 1 aliphatic rings. The first kappa shape index (κ1) is 21.8. The molecule has 0 bridgehead atoms. The largest absolute Gasteiger partial charge is 0.441 e. The monoisotopic (exact) mass is 436 g/mol. The number of anilines is 1. The maximum absolute atomic E-state index is 12.8. The molecule has 0 saturated carbocycles. The van der Waals surface area contributed by atoms with E-state index in [-0.39, 0.29) is 18.2 Å². The van der Waals surface area contributed by atoms with Gasteiger partial charge in [-0.25, -0.2) is 4.98 Å². The van der Waals surface area contributed by atoms with Crippen molar-refractivity contribution >= 4 is 17.6 Å². The summed E-state index contributed by atoms with van der Waals surface area (Å²) in [6, 6.07) is 11.1. The van der Waals surface area contributed by atoms with E-state index in [2.05, 4.69) is 15.4 Å². The summed E-state index contributed by atoms with van der Waals surface area (Å²) in [6.45, 7) is 4.28. The van der Waals surface area contributed by atoms with E-state index in [1.807, 2.05) is 55.4 Å². The number of carbonyl (C=O) groups excluding carboxylic acids is 2. The average molecular weight is 437 g/mol. The van der Waals surface area contributed by atoms with E-state index >= 15 is 0 Å². The lowest BCUT2D eigenvalue weighted by molar-refractivity contribution is -0.136. The SMILES string of the molecule is CCn1ccc(NC(=O)[C@@H]2CN(C(=O)CCc3ncc(-c4ccccc4)o3)CCN2C)n1. The number of carbonyl (C=O) groups is 2. The molecule has 0 spiro atoms. The van der Waals surface area contributed by atoms with Crippen molar-refractivity contribution in [3.8, 4) is 11.3 Å². The van der Waals surface area contributed by atoms with Crippen LogP contribution < -0.4 is 5.32 Å². The Labute approximate surface area is 187 Å². The van der Waals surface area contributed by atoms with E-state index < -0.39 is 6.04 Å². The lowest BCUT2D eigenvalue weighted by Gasteiger charge is -2.38. The number of rotatable bonds is 7. The molecule has 168 valence electrons. The smallest absolute Gasteiger partial charge is 0.244 e. The lowest BCUT2D eigenvalue weighted by Crippen LogP contribution is -2.57. The molecule has 3 heterocycles. The Bertz CT molecular complexity index is 1060. The van der Waals surface area contributed by atoms with Gasteiger partial charge < -0.3 is 14.6 Å². The van der Waals surface area contributed by atoms with Crippen molar-refractivity contribution in [1.29, 1.82) is 0 Å². The molecule has 1 aromatic carbocycles. The van der Waals surface area contributed by atoms with Crippen molar-refractivity contribution in [2.24, 2.45) is 0 Å². The van der Waals surface area contributed by atoms with Gasteiger partial charge in [-0.1, -0.05) is 30.3 Å². The standard InChI is InChI=1S/C23H28N6O3/c1-3-29-12-11-20(26-29)25-23(31)18-16-28(14-13-27(18)2)22(30)10-9-21-24-15-19(32-21)17-7-5-4-6-8-17/h4-8,11-12,15,18H,3,9-10,13-14,16H2,1-2H3,(H,25,26,31)/t18-/m0/s1. The number of likely N-dealkylation sites (N-methyl/N-ethyl adjacent to an activating group) is 1. The summed E-state index contributed by atoms with van der Waals surface area (Å²) in [5.41, 5.74) is 0.953. The van der Waals surface area contributed by atoms with Gasteiger partial charge in [-0.3, -0.25) is 19.2 Å². The van der Waals surface area contributed by atoms with Gasteiger partial charge in [0.05, 0.1) is 6.20 Å². The zero-order valence-electron chi connectivity index (χ0n) is 18.4. The van der Waals surface area contributed by atoms with Gasteiger partial charge >= 0.3 is 0 Å². The zero-order chi connectivity index (χ0) is 22.5. The molecule has 0 aliphatic carbocycles. The number of benzene rings is 1. The molecular formula is C23H28N6O3. The first-order chi connectivity index (χ1) is 15.5. The fraction of sp³-hybridized carbons (Fsp3) is 0.391. The van der Waals surface area contributed by atoms with Crippen LogP contribution in [0.4, 0.5) is 5.82 Å². The van der Waals surface area contributed by atoms with Crippen molar-refractivity contribution < 1.29 is 14.0 Å². The molecule has 1 atom stereocenters. The van der Waals surface area contributed by atoms with Gasteiger partial charge in [0.2, 0.25) is 11.8 Å². The van der Waals surface area contributed by atoms with Crippen LogP contribution in [-0.2, 0) is 22.6 Å². The van der Waals surface area contributed by atoms with Crippen molar-refractivity contribution in [2.45, 2.75) is 32.4 Å². The zero-order valence-corrected chi connectivity index (χ0v) is 18.4. The third-order valence-corrected chi connectivity index (χ3v) is 5.68. The number of amides is 2. The summed E-state index contributed by atoms with van der Waals surface area (Å²) < 4.78 is 7.55. The summed E-state index contributed by atoms with van der Waals surface area (Å²) in [5.74, 6) is 1.58. The minimum Gasteiger partial charge on any atom is -0.441 e. The number of nitrogens with one attached hydrogen (secondary N) is 1. The van der Waals surface area contributed by atoms with Gasteiger partial charge in [0.25, 0.3) is 0 Å². The molecule has 32 heavy (non-hydrogen) atoms. The number of oxazole rings is 1. The molecule has 3 aromatic rings. The Balaban J connectivity index is 1.32. The Kier molecular flexibility index (Phi) is 6.65. The van der Waals surface area contributed by atoms with Crippen molar-refractivity contribution in [2.75, 3.05) is 32.0 Å². The predicted octanol–water partition coefficient (Wildman–Crippen LogP) is 2.27. The maximum Gasteiger partial charge on any atom is 0.244 e. The van der Waals surface area contributed by atoms with Crippen LogP contribution in [0.5, 0.6) is 0 Å². The van der Waals surface area contributed by atoms with Gasteiger partial charge in [-0.2, -0.15) is 5.10 Å². The summed E-state index contributed by atoms with van der Waals surface area (Å²) in [5, 5.41) is 7.15. The van der Waals surface area contributed by atoms with Gasteiger partial charge in [0, 0.05) is 56.8 Å². The van der Waals surface area contributed by atoms with E-state index in [0.29, 0.717) is 43.5 Å². The molecule has 1 aliphatic heterocycles. The highest BCUT2D eigenvalue weighted by molar-refractivity contribution is 5.94. The topological polar surface area (TPSA) is 96.5 Å². The normalized spacial score (nSPS) is 16.8. The molecule has 2 aromatic heterocycles. The van der Waals surface area contributed by atoms with E-state index in [9.17, 15) is 9.59 Å². The number of piperazine rings is 1. The number of aryl methyl sites for hydroxylation is 2. The van der Waals surface area contributed by atoms with Gasteiger partial charge in [0.1, 0.15) is 6.04 Å². The molecule has 9 nitrogen and oxygen atoms in total. The fourth-order valence-electron chi connectivity index (χ4n) is 3.73. The first-order valence-electron chi connectivity index (χ1n) is 10.9. The molecule has 0 radical (unpaired) electrons. The molecule has 2 amide bonds. The van der Waals surface area contributed by atoms with Crippen LogP contribution in [0.1, 0.15) is 19.2 Å². The molecule has 1 N–H and O–H groups in total. The number of aromatic nitrogens is 3. The maximum atomic E-state index is 12.8. The molecule has 9 heteroatoms. The van der Waals surface area contributed by atoms with Gasteiger partial charge in [0.15, 0.2) is 17.5 Å². The Hall–Kier alpha value is -3.46. The average Bonchev–Trinajstić information content (AvgIpc) is 3.48. The first-order valence-corrected chi connectivity index (χ1v) is 10.9. The van der Waals surface area contributed by atoms with Crippen LogP contribution in [0.25, 0.3) is 11.3 Å². The van der Waals surface area contributed by atoms with Crippen molar-refractivity contribution in [3.05, 3.63) is 54.7 Å². The molecule has 0 unspecified atom stereocenters. The van der Waals surface area contributed by atoms with Crippen molar-refractivity contribution in [1.82, 2.24) is 24.6 Å². The Morgan fingerprint density at radius 2 is 2.00 bits per heavy atom. The van der Waals surface area contributed by atoms with Crippen molar-refractivity contribution in [3.63, 3.8) is 0 Å². The summed E-state index contributed by atoms with van der Waals surface area (Å²) in [6.07, 6.45) is 4.21. The van der Waals surface area contributed by atoms with E-state index in [1.165, 1.54) is 0 Å². The number of hydrogen-bond donors (Lipinski definition) is 1. The van der Waals surface area contributed by atoms with Crippen LogP contribution in [0.2, 0.25) is 0 Å². The van der Waals surface area contributed by atoms with Crippen LogP contribution in [0.3, 0.4) is 0 Å². The van der Waals surface area contributed by atoms with Crippen LogP contribution >= 0.6 is 0 Å². The van der Waals surface area contributed by atoms with Gasteiger partial charge in [-0.15, -0.1) is 0 Å². The lowest BCUT2D eigenvalue weighted by atomic mass is 10.1. The predicted molar refractivity (Wildman–Crippen MR) is 120 cm³/mol. The highest BCUT2D eigenvalue weighted by atomic mass is 16.4. The molecule has 1 saturated heterocycles. The highest BCUT2D eigenvalue weighted by Crippen LogP contribution is 2.20. The molecule has 1 fully saturated rings. The molecule has 4 rings (SSSR count). The van der Waals surface area contributed by atoms with E-state index in [4.69, 9.17) is 4.42 Å². The summed E-state index contributed by atoms with van der Waals surface area (Å²) in [4.78, 5) is 33.6. The third-order valence-electron chi connectivity index (χ3n) is 5.68. The minimum absolute atomic E-state index is 0.00868. The van der Waals surface area contributed by atoms with Gasteiger partial charge in [-0.05, 0) is 14.0 Å². The van der Waals surface area contributed by atoms with Crippen LogP contribution in [0, 0.1) is 0 Å². The van der Waals surface area contributed by atoms with Crippen LogP contribution in [-0.4, -0.2) is 69.1 Å². The number of nitrogens with zero attached hydrogens (tertiary/aromatic N) is 5. The fourth-order valence-corrected chi connectivity index (χ4v) is 3.73. The molecular weight excluding hydrogens is 408 g/mol. The second-order valence-corrected chi connectivity index (χ2v) is 7.87. The highest BCUT2D eigenvalue weighted by Gasteiger charge is 2.32. The quantitative estimate of drug-likeness (QED) is 0.610. The van der Waals surface area contributed by atoms with Crippen LogP contribution in [0.15, 0.2) is 53.2 Å². The summed E-state index contributed by atoms with van der Waals surface area (Å²) in [7, 11) is 1.90. The summed E-state index contributed by atoms with van der Waals surface area (Å²) >= 11 is 0. The number of hydrogen-bond acceptors (Lipinski definition) is 6. The second-order valence-electron chi connectivity index (χ2n) is 7.87. The Morgan fingerprint density at radius 3 is 2.75 bits per heavy atom. The second kappa shape index (κ2) is 9.78. The minimum atomic E-state index is -0.425. The van der Waals surface area contributed by atoms with E-state index in [0.717, 1.165) is 12.1 Å².